The molecule has 0 radical (unpaired) electrons. The molecule has 0 aromatic heterocycles. The van der Waals surface area contributed by atoms with Crippen molar-refractivity contribution in [1.29, 1.82) is 0 Å². The van der Waals surface area contributed by atoms with Crippen molar-refractivity contribution in [2.24, 2.45) is 0 Å². The molecule has 0 aromatic carbocycles. The van der Waals surface area contributed by atoms with Crippen molar-refractivity contribution < 1.29 is 9.59 Å². The number of unbranched alkanes of at least 4 members (excludes halogenated alkanes) is 2. The van der Waals surface area contributed by atoms with Crippen molar-refractivity contribution in [3.05, 3.63) is 0 Å². The Labute approximate surface area is 104 Å². The molecule has 0 fully saturated rings. The van der Waals surface area contributed by atoms with Gasteiger partial charge in [-0.25, -0.2) is 0 Å². The molecular formula is C12H25N3O2. The molecule has 0 bridgehead atoms. The van der Waals surface area contributed by atoms with Gasteiger partial charge in [-0.1, -0.05) is 6.42 Å². The van der Waals surface area contributed by atoms with Crippen molar-refractivity contribution in [2.75, 3.05) is 27.2 Å². The molecule has 0 aromatic rings. The van der Waals surface area contributed by atoms with Gasteiger partial charge >= 0.3 is 0 Å². The Morgan fingerprint density at radius 3 is 2.12 bits per heavy atom. The third kappa shape index (κ3) is 11.2. The topological polar surface area (TPSA) is 70.2 Å². The molecule has 0 atom stereocenters. The Hall–Kier alpha value is -1.10. The van der Waals surface area contributed by atoms with E-state index in [0.717, 1.165) is 32.4 Å². The monoisotopic (exact) mass is 243 g/mol. The van der Waals surface area contributed by atoms with Crippen LogP contribution in [0, 0.1) is 0 Å². The maximum atomic E-state index is 11.3. The zero-order valence-electron chi connectivity index (χ0n) is 11.0. The van der Waals surface area contributed by atoms with E-state index in [-0.39, 0.29) is 11.8 Å². The predicted molar refractivity (Wildman–Crippen MR) is 68.7 cm³/mol. The average molecular weight is 243 g/mol. The first kappa shape index (κ1) is 15.9. The van der Waals surface area contributed by atoms with Gasteiger partial charge in [0.2, 0.25) is 11.8 Å². The van der Waals surface area contributed by atoms with Crippen LogP contribution in [0.2, 0.25) is 0 Å². The molecule has 0 aliphatic heterocycles. The smallest absolute Gasteiger partial charge is 0.220 e. The lowest BCUT2D eigenvalue weighted by molar-refractivity contribution is -0.122. The zero-order chi connectivity index (χ0) is 12.9. The van der Waals surface area contributed by atoms with Gasteiger partial charge in [0.25, 0.3) is 0 Å². The number of amides is 2. The van der Waals surface area contributed by atoms with Crippen LogP contribution in [0.25, 0.3) is 0 Å². The van der Waals surface area contributed by atoms with E-state index in [1.807, 2.05) is 7.05 Å². The molecule has 0 aliphatic carbocycles. The predicted octanol–water partition coefficient (Wildman–Crippen LogP) is 0.409. The minimum Gasteiger partial charge on any atom is -0.359 e. The number of carbonyl (C=O) groups is 2. The quantitative estimate of drug-likeness (QED) is 0.487. The summed E-state index contributed by atoms with van der Waals surface area (Å²) in [4.78, 5) is 22.3. The highest BCUT2D eigenvalue weighted by Gasteiger charge is 2.02. The van der Waals surface area contributed by atoms with E-state index in [1.165, 1.54) is 0 Å². The lowest BCUT2D eigenvalue weighted by atomic mass is 10.2. The number of rotatable bonds is 10. The van der Waals surface area contributed by atoms with Gasteiger partial charge in [-0.3, -0.25) is 9.59 Å². The molecular weight excluding hydrogens is 218 g/mol. The molecule has 0 saturated heterocycles. The molecule has 5 heteroatoms. The summed E-state index contributed by atoms with van der Waals surface area (Å²) in [5, 5.41) is 8.48. The lowest BCUT2D eigenvalue weighted by Gasteiger charge is -2.05. The first-order valence-corrected chi connectivity index (χ1v) is 6.32. The van der Waals surface area contributed by atoms with Crippen molar-refractivity contribution >= 4 is 11.8 Å². The van der Waals surface area contributed by atoms with Crippen LogP contribution >= 0.6 is 0 Å². The molecule has 100 valence electrons. The van der Waals surface area contributed by atoms with E-state index in [9.17, 15) is 9.59 Å². The van der Waals surface area contributed by atoms with Gasteiger partial charge in [0.1, 0.15) is 0 Å². The Balaban J connectivity index is 3.26. The highest BCUT2D eigenvalue weighted by molar-refractivity contribution is 5.78. The molecule has 3 N–H and O–H groups in total. The summed E-state index contributed by atoms with van der Waals surface area (Å²) in [6, 6.07) is 0. The Morgan fingerprint density at radius 1 is 0.824 bits per heavy atom. The Bertz CT molecular complexity index is 220. The summed E-state index contributed by atoms with van der Waals surface area (Å²) in [6.45, 7) is 1.77. The average Bonchev–Trinajstić information content (AvgIpc) is 2.33. The Morgan fingerprint density at radius 2 is 1.47 bits per heavy atom. The standard InChI is InChI=1S/C12H25N3O2/c1-13-9-4-3-5-10-15-12(17)8-6-7-11(16)14-2/h13H,3-10H2,1-2H3,(H,14,16)(H,15,17). The van der Waals surface area contributed by atoms with E-state index in [0.29, 0.717) is 19.3 Å². The molecule has 5 nitrogen and oxygen atoms in total. The number of nitrogens with one attached hydrogen (secondary N) is 3. The van der Waals surface area contributed by atoms with Gasteiger partial charge in [0.05, 0.1) is 0 Å². The van der Waals surface area contributed by atoms with Crippen LogP contribution in [-0.4, -0.2) is 39.0 Å². The normalized spacial score (nSPS) is 10.0. The van der Waals surface area contributed by atoms with Crippen LogP contribution in [0.5, 0.6) is 0 Å². The highest BCUT2D eigenvalue weighted by atomic mass is 16.2. The molecule has 2 amide bonds. The second-order valence-electron chi connectivity index (χ2n) is 4.04. The summed E-state index contributed by atoms with van der Waals surface area (Å²) in [5.74, 6) is 0.0346. The fourth-order valence-corrected chi connectivity index (χ4v) is 1.45. The fraction of sp³-hybridized carbons (Fsp3) is 0.833. The minimum atomic E-state index is -0.00938. The van der Waals surface area contributed by atoms with Crippen LogP contribution in [0.4, 0.5) is 0 Å². The fourth-order valence-electron chi connectivity index (χ4n) is 1.45. The van der Waals surface area contributed by atoms with E-state index in [4.69, 9.17) is 0 Å². The van der Waals surface area contributed by atoms with Gasteiger partial charge in [0, 0.05) is 26.4 Å². The summed E-state index contributed by atoms with van der Waals surface area (Å²) in [6.07, 6.45) is 4.76. The molecule has 0 aliphatic rings. The van der Waals surface area contributed by atoms with Gasteiger partial charge in [-0.05, 0) is 32.9 Å². The van der Waals surface area contributed by atoms with Gasteiger partial charge in [-0.2, -0.15) is 0 Å². The van der Waals surface area contributed by atoms with Crippen molar-refractivity contribution in [3.8, 4) is 0 Å². The molecule has 0 saturated carbocycles. The highest BCUT2D eigenvalue weighted by Crippen LogP contribution is 1.96. The largest absolute Gasteiger partial charge is 0.359 e. The molecule has 17 heavy (non-hydrogen) atoms. The van der Waals surface area contributed by atoms with Crippen LogP contribution in [0.3, 0.4) is 0 Å². The summed E-state index contributed by atoms with van der Waals surface area (Å²) >= 11 is 0. The SMILES string of the molecule is CNCCCCCNC(=O)CCCC(=O)NC. The molecule has 0 spiro atoms. The third-order valence-electron chi connectivity index (χ3n) is 2.51. The second kappa shape index (κ2) is 11.4. The number of carbonyl (C=O) groups excluding carboxylic acids is 2. The summed E-state index contributed by atoms with van der Waals surface area (Å²) in [7, 11) is 3.54. The Kier molecular flexibility index (Phi) is 10.7. The van der Waals surface area contributed by atoms with Gasteiger partial charge in [-0.15, -0.1) is 0 Å². The van der Waals surface area contributed by atoms with Crippen LogP contribution in [0.15, 0.2) is 0 Å². The maximum absolute atomic E-state index is 11.3. The number of hydrogen-bond acceptors (Lipinski definition) is 3. The molecule has 0 rings (SSSR count). The van der Waals surface area contributed by atoms with Crippen LogP contribution in [0.1, 0.15) is 38.5 Å². The maximum Gasteiger partial charge on any atom is 0.220 e. The van der Waals surface area contributed by atoms with Crippen LogP contribution in [-0.2, 0) is 9.59 Å². The van der Waals surface area contributed by atoms with E-state index >= 15 is 0 Å². The lowest BCUT2D eigenvalue weighted by Crippen LogP contribution is -2.25. The van der Waals surface area contributed by atoms with Crippen molar-refractivity contribution in [2.45, 2.75) is 38.5 Å². The number of hydrogen-bond donors (Lipinski definition) is 3. The summed E-state index contributed by atoms with van der Waals surface area (Å²) < 4.78 is 0. The van der Waals surface area contributed by atoms with Crippen LogP contribution < -0.4 is 16.0 Å². The van der Waals surface area contributed by atoms with Crippen molar-refractivity contribution in [3.63, 3.8) is 0 Å². The van der Waals surface area contributed by atoms with Crippen molar-refractivity contribution in [1.82, 2.24) is 16.0 Å². The second-order valence-corrected chi connectivity index (χ2v) is 4.04. The minimum absolute atomic E-state index is 0.00938. The van der Waals surface area contributed by atoms with Gasteiger partial charge in [0.15, 0.2) is 0 Å². The molecule has 0 heterocycles. The van der Waals surface area contributed by atoms with E-state index in [1.54, 1.807) is 7.05 Å². The van der Waals surface area contributed by atoms with Gasteiger partial charge < -0.3 is 16.0 Å². The third-order valence-corrected chi connectivity index (χ3v) is 2.51. The first-order chi connectivity index (χ1) is 8.20. The zero-order valence-corrected chi connectivity index (χ0v) is 11.0. The molecule has 0 unspecified atom stereocenters. The first-order valence-electron chi connectivity index (χ1n) is 6.32. The van der Waals surface area contributed by atoms with E-state index in [2.05, 4.69) is 16.0 Å². The van der Waals surface area contributed by atoms with E-state index < -0.39 is 0 Å². The summed E-state index contributed by atoms with van der Waals surface area (Å²) in [5.41, 5.74) is 0.